The van der Waals surface area contributed by atoms with Crippen LogP contribution in [0, 0.1) is 19.7 Å². The predicted molar refractivity (Wildman–Crippen MR) is 97.7 cm³/mol. The van der Waals surface area contributed by atoms with Crippen LogP contribution in [0.1, 0.15) is 35.0 Å². The first kappa shape index (κ1) is 21.3. The second-order valence-electron chi connectivity index (χ2n) is 7.07. The van der Waals surface area contributed by atoms with Gasteiger partial charge in [0.1, 0.15) is 5.82 Å². The third-order valence-corrected chi connectivity index (χ3v) is 6.67. The molecule has 1 unspecified atom stereocenters. The van der Waals surface area contributed by atoms with Gasteiger partial charge in [0.2, 0.25) is 5.91 Å². The topological polar surface area (TPSA) is 81.1 Å². The van der Waals surface area contributed by atoms with E-state index in [-0.39, 0.29) is 29.7 Å². The summed E-state index contributed by atoms with van der Waals surface area (Å²) in [5.74, 6) is -1.95. The summed E-state index contributed by atoms with van der Waals surface area (Å²) in [6.07, 6.45) is -4.59. The summed E-state index contributed by atoms with van der Waals surface area (Å²) < 4.78 is 76.8. The molecule has 0 aliphatic carbocycles. The molecule has 3 rings (SSSR count). The number of sulfone groups is 1. The van der Waals surface area contributed by atoms with Gasteiger partial charge in [-0.2, -0.15) is 18.3 Å². The number of aryl methyl sites for hydroxylation is 1. The molecule has 1 aromatic heterocycles. The van der Waals surface area contributed by atoms with Gasteiger partial charge in [0.15, 0.2) is 9.84 Å². The number of nitrogens with zero attached hydrogens (tertiary/aromatic N) is 2. The summed E-state index contributed by atoms with van der Waals surface area (Å²) in [5, 5.41) is 6.69. The first-order valence-corrected chi connectivity index (χ1v) is 10.6. The predicted octanol–water partition coefficient (Wildman–Crippen LogP) is 3.20. The van der Waals surface area contributed by atoms with Crippen LogP contribution in [0.25, 0.3) is 0 Å². The summed E-state index contributed by atoms with van der Waals surface area (Å²) >= 11 is 0. The molecule has 1 atom stereocenters. The molecule has 1 aliphatic heterocycles. The minimum atomic E-state index is -4.87. The number of nitrogens with one attached hydrogen (secondary N) is 1. The lowest BCUT2D eigenvalue weighted by Gasteiger charge is -2.12. The molecule has 1 aliphatic rings. The minimum Gasteiger partial charge on any atom is -0.326 e. The van der Waals surface area contributed by atoms with E-state index in [4.69, 9.17) is 0 Å². The highest BCUT2D eigenvalue weighted by atomic mass is 32.2. The highest BCUT2D eigenvalue weighted by molar-refractivity contribution is 7.91. The van der Waals surface area contributed by atoms with Gasteiger partial charge in [-0.05, 0) is 38.5 Å². The van der Waals surface area contributed by atoms with Gasteiger partial charge in [-0.15, -0.1) is 0 Å². The summed E-state index contributed by atoms with van der Waals surface area (Å²) in [6, 6.07) is 1.93. The molecule has 1 N–H and O–H groups in total. The minimum absolute atomic E-state index is 0.0175. The van der Waals surface area contributed by atoms with E-state index in [0.29, 0.717) is 35.5 Å². The van der Waals surface area contributed by atoms with Gasteiger partial charge in [-0.1, -0.05) is 0 Å². The lowest BCUT2D eigenvalue weighted by molar-refractivity contribution is -0.140. The largest absolute Gasteiger partial charge is 0.419 e. The number of carbonyl (C=O) groups is 1. The maximum atomic E-state index is 13.4. The molecule has 1 fully saturated rings. The Kier molecular flexibility index (Phi) is 5.46. The molecule has 0 bridgehead atoms. The van der Waals surface area contributed by atoms with Gasteiger partial charge in [-0.3, -0.25) is 9.48 Å². The molecule has 1 saturated heterocycles. The van der Waals surface area contributed by atoms with Crippen LogP contribution in [0.5, 0.6) is 0 Å². The van der Waals surface area contributed by atoms with E-state index < -0.39 is 33.3 Å². The summed E-state index contributed by atoms with van der Waals surface area (Å²) in [4.78, 5) is 12.3. The fraction of sp³-hybridized carbons (Fsp3) is 0.444. The Bertz CT molecular complexity index is 1060. The lowest BCUT2D eigenvalue weighted by Crippen LogP contribution is -2.17. The van der Waals surface area contributed by atoms with Crippen molar-refractivity contribution in [1.29, 1.82) is 0 Å². The standard InChI is InChI=1S/C18H19F4N3O3S/c1-10-14(11(2)25(24-10)13-5-6-29(27,28)9-13)8-17(26)23-12-3-4-16(19)15(7-12)18(20,21)22/h3-4,7,13H,5-6,8-9H2,1-2H3,(H,23,26). The molecule has 1 amide bonds. The van der Waals surface area contributed by atoms with E-state index in [2.05, 4.69) is 10.4 Å². The summed E-state index contributed by atoms with van der Waals surface area (Å²) in [7, 11) is -3.11. The zero-order chi connectivity index (χ0) is 21.6. The number of rotatable bonds is 4. The number of hydrogen-bond acceptors (Lipinski definition) is 4. The van der Waals surface area contributed by atoms with Crippen LogP contribution >= 0.6 is 0 Å². The van der Waals surface area contributed by atoms with Gasteiger partial charge < -0.3 is 5.32 Å². The molecule has 11 heteroatoms. The zero-order valence-electron chi connectivity index (χ0n) is 15.7. The quantitative estimate of drug-likeness (QED) is 0.751. The molecule has 29 heavy (non-hydrogen) atoms. The van der Waals surface area contributed by atoms with Crippen LogP contribution in [0.4, 0.5) is 23.2 Å². The number of alkyl halides is 3. The second kappa shape index (κ2) is 7.43. The molecule has 2 aromatic rings. The van der Waals surface area contributed by atoms with E-state index in [9.17, 15) is 30.8 Å². The van der Waals surface area contributed by atoms with Crippen molar-refractivity contribution in [2.45, 2.75) is 38.9 Å². The van der Waals surface area contributed by atoms with Gasteiger partial charge in [-0.25, -0.2) is 12.8 Å². The van der Waals surface area contributed by atoms with Gasteiger partial charge in [0.25, 0.3) is 0 Å². The number of halogens is 4. The van der Waals surface area contributed by atoms with Crippen LogP contribution in [0.2, 0.25) is 0 Å². The average Bonchev–Trinajstić information content (AvgIpc) is 3.09. The third-order valence-electron chi connectivity index (χ3n) is 4.92. The Labute approximate surface area is 164 Å². The van der Waals surface area contributed by atoms with Crippen molar-refractivity contribution >= 4 is 21.4 Å². The number of aromatic nitrogens is 2. The number of hydrogen-bond donors (Lipinski definition) is 1. The second-order valence-corrected chi connectivity index (χ2v) is 9.30. The highest BCUT2D eigenvalue weighted by Gasteiger charge is 2.34. The summed E-state index contributed by atoms with van der Waals surface area (Å²) in [5.41, 5.74) is 0.114. The Hall–Kier alpha value is -2.43. The normalized spacial score (nSPS) is 18.8. The van der Waals surface area contributed by atoms with Crippen LogP contribution in [-0.4, -0.2) is 35.6 Å². The number of benzene rings is 1. The van der Waals surface area contributed by atoms with Crippen molar-refractivity contribution in [2.24, 2.45) is 0 Å². The van der Waals surface area contributed by atoms with Crippen LogP contribution in [0.15, 0.2) is 18.2 Å². The molecule has 1 aromatic carbocycles. The molecule has 6 nitrogen and oxygen atoms in total. The van der Waals surface area contributed by atoms with Gasteiger partial charge in [0, 0.05) is 16.9 Å². The van der Waals surface area contributed by atoms with Crippen molar-refractivity contribution < 1.29 is 30.8 Å². The third kappa shape index (κ3) is 4.60. The molecule has 0 radical (unpaired) electrons. The highest BCUT2D eigenvalue weighted by Crippen LogP contribution is 2.33. The lowest BCUT2D eigenvalue weighted by atomic mass is 10.1. The Morgan fingerprint density at radius 1 is 1.31 bits per heavy atom. The molecule has 0 spiro atoms. The molecular formula is C18H19F4N3O3S. The Morgan fingerprint density at radius 3 is 2.59 bits per heavy atom. The molecule has 0 saturated carbocycles. The number of anilines is 1. The molecule has 2 heterocycles. The summed E-state index contributed by atoms with van der Waals surface area (Å²) in [6.45, 7) is 3.39. The maximum Gasteiger partial charge on any atom is 0.419 e. The van der Waals surface area contributed by atoms with Gasteiger partial charge >= 0.3 is 6.18 Å². The molecule has 158 valence electrons. The fourth-order valence-electron chi connectivity index (χ4n) is 3.46. The van der Waals surface area contributed by atoms with E-state index >= 15 is 0 Å². The maximum absolute atomic E-state index is 13.4. The van der Waals surface area contributed by atoms with Crippen molar-refractivity contribution in [2.75, 3.05) is 16.8 Å². The van der Waals surface area contributed by atoms with E-state index in [1.54, 1.807) is 18.5 Å². The fourth-order valence-corrected chi connectivity index (χ4v) is 5.15. The SMILES string of the molecule is Cc1nn(C2CCS(=O)(=O)C2)c(C)c1CC(=O)Nc1ccc(F)c(C(F)(F)F)c1. The van der Waals surface area contributed by atoms with E-state index in [1.165, 1.54) is 0 Å². The Balaban J connectivity index is 1.77. The first-order valence-electron chi connectivity index (χ1n) is 8.79. The molecular weight excluding hydrogens is 414 g/mol. The van der Waals surface area contributed by atoms with Crippen LogP contribution in [0.3, 0.4) is 0 Å². The van der Waals surface area contributed by atoms with Crippen LogP contribution < -0.4 is 5.32 Å². The van der Waals surface area contributed by atoms with Crippen molar-refractivity contribution in [3.63, 3.8) is 0 Å². The smallest absolute Gasteiger partial charge is 0.326 e. The number of carbonyl (C=O) groups excluding carboxylic acids is 1. The van der Waals surface area contributed by atoms with E-state index in [0.717, 1.165) is 6.07 Å². The van der Waals surface area contributed by atoms with E-state index in [1.807, 2.05) is 0 Å². The number of amides is 1. The van der Waals surface area contributed by atoms with Crippen molar-refractivity contribution in [3.05, 3.63) is 46.5 Å². The van der Waals surface area contributed by atoms with Crippen LogP contribution in [-0.2, 0) is 27.2 Å². The first-order chi connectivity index (χ1) is 13.4. The Morgan fingerprint density at radius 2 is 2.00 bits per heavy atom. The zero-order valence-corrected chi connectivity index (χ0v) is 16.5. The van der Waals surface area contributed by atoms with Crippen molar-refractivity contribution in [1.82, 2.24) is 9.78 Å². The average molecular weight is 433 g/mol. The monoisotopic (exact) mass is 433 g/mol. The van der Waals surface area contributed by atoms with Gasteiger partial charge in [0.05, 0.1) is 35.2 Å². The van der Waals surface area contributed by atoms with Crippen molar-refractivity contribution in [3.8, 4) is 0 Å².